The molecule has 0 aliphatic rings. The standard InChI is InChI=1S/C22H21FN4O3/c1-29-17-7-15(10-26-12-17)22(28)27-11-14-8-18(19(24)9-20(14)30-2)21(25)13-4-3-5-16(23)6-13/h3-10,12,25H,11,24H2,1-2H3,(H,27,28)/p+1. The first-order valence-electron chi connectivity index (χ1n) is 9.05. The first-order chi connectivity index (χ1) is 14.4. The zero-order chi connectivity index (χ0) is 21.7. The molecule has 1 heterocycles. The summed E-state index contributed by atoms with van der Waals surface area (Å²) >= 11 is 0. The van der Waals surface area contributed by atoms with Gasteiger partial charge in [0.25, 0.3) is 5.91 Å². The lowest BCUT2D eigenvalue weighted by Crippen LogP contribution is -2.41. The Morgan fingerprint density at radius 2 is 1.93 bits per heavy atom. The van der Waals surface area contributed by atoms with Gasteiger partial charge in [-0.05, 0) is 30.3 Å². The number of hydrogen-bond donors (Lipinski definition) is 3. The maximum atomic E-state index is 13.6. The summed E-state index contributed by atoms with van der Waals surface area (Å²) in [6, 6.07) is 10.9. The Hall–Kier alpha value is -3.94. The topological polar surface area (TPSA) is 112 Å². The van der Waals surface area contributed by atoms with Gasteiger partial charge in [0.1, 0.15) is 17.3 Å². The number of benzene rings is 2. The van der Waals surface area contributed by atoms with Crippen molar-refractivity contribution in [3.05, 3.63) is 82.9 Å². The summed E-state index contributed by atoms with van der Waals surface area (Å²) in [5.41, 5.74) is 8.87. The van der Waals surface area contributed by atoms with E-state index in [4.69, 9.17) is 20.6 Å². The number of pyridine rings is 1. The Bertz CT molecular complexity index is 1100. The molecule has 2 aromatic carbocycles. The van der Waals surface area contributed by atoms with Crippen molar-refractivity contribution < 1.29 is 24.1 Å². The third-order valence-corrected chi connectivity index (χ3v) is 4.53. The highest BCUT2D eigenvalue weighted by Gasteiger charge is 2.19. The lowest BCUT2D eigenvalue weighted by molar-refractivity contribution is -0.111. The van der Waals surface area contributed by atoms with Crippen LogP contribution in [0.25, 0.3) is 0 Å². The smallest absolute Gasteiger partial charge is 0.253 e. The van der Waals surface area contributed by atoms with Crippen molar-refractivity contribution in [2.75, 3.05) is 20.0 Å². The number of rotatable bonds is 7. The van der Waals surface area contributed by atoms with Gasteiger partial charge in [0.2, 0.25) is 5.71 Å². The molecule has 0 atom stereocenters. The molecule has 1 aromatic heterocycles. The van der Waals surface area contributed by atoms with Gasteiger partial charge >= 0.3 is 0 Å². The summed E-state index contributed by atoms with van der Waals surface area (Å²) < 4.78 is 24.1. The van der Waals surface area contributed by atoms with Crippen LogP contribution >= 0.6 is 0 Å². The molecular formula is C22H22FN4O3+. The Morgan fingerprint density at radius 1 is 1.13 bits per heavy atom. The zero-order valence-electron chi connectivity index (χ0n) is 16.6. The summed E-state index contributed by atoms with van der Waals surface area (Å²) in [4.78, 5) is 16.5. The molecule has 0 aliphatic carbocycles. The van der Waals surface area contributed by atoms with Crippen LogP contribution in [0.3, 0.4) is 0 Å². The number of carbonyl (C=O) groups excluding carboxylic acids is 1. The second-order valence-electron chi connectivity index (χ2n) is 6.47. The van der Waals surface area contributed by atoms with Crippen LogP contribution in [0.2, 0.25) is 0 Å². The van der Waals surface area contributed by atoms with Gasteiger partial charge in [-0.1, -0.05) is 6.07 Å². The maximum Gasteiger partial charge on any atom is 0.253 e. The number of halogens is 1. The van der Waals surface area contributed by atoms with E-state index in [0.29, 0.717) is 45.2 Å². The number of methoxy groups -OCH3 is 2. The van der Waals surface area contributed by atoms with Crippen LogP contribution in [0.4, 0.5) is 10.1 Å². The van der Waals surface area contributed by atoms with Crippen molar-refractivity contribution in [2.45, 2.75) is 6.54 Å². The van der Waals surface area contributed by atoms with Crippen molar-refractivity contribution in [2.24, 2.45) is 0 Å². The van der Waals surface area contributed by atoms with Crippen molar-refractivity contribution in [1.29, 1.82) is 0 Å². The van der Waals surface area contributed by atoms with Crippen molar-refractivity contribution in [3.8, 4) is 11.5 Å². The van der Waals surface area contributed by atoms with Crippen LogP contribution in [0, 0.1) is 5.82 Å². The summed E-state index contributed by atoms with van der Waals surface area (Å²) in [5, 5.41) is 9.06. The number of nitrogen functional groups attached to an aromatic ring is 1. The molecule has 5 N–H and O–H groups in total. The number of nitrogens with zero attached hydrogens (tertiary/aromatic N) is 1. The van der Waals surface area contributed by atoms with Gasteiger partial charge in [0.15, 0.2) is 0 Å². The van der Waals surface area contributed by atoms with Gasteiger partial charge in [-0.2, -0.15) is 0 Å². The Morgan fingerprint density at radius 3 is 2.63 bits per heavy atom. The predicted octanol–water partition coefficient (Wildman–Crippen LogP) is 1.35. The van der Waals surface area contributed by atoms with E-state index in [0.717, 1.165) is 0 Å². The average molecular weight is 409 g/mol. The Kier molecular flexibility index (Phi) is 6.26. The molecule has 154 valence electrons. The first kappa shape index (κ1) is 20.8. The van der Waals surface area contributed by atoms with E-state index in [1.165, 1.54) is 38.7 Å². The monoisotopic (exact) mass is 409 g/mol. The van der Waals surface area contributed by atoms with Crippen LogP contribution in [0.5, 0.6) is 11.5 Å². The van der Waals surface area contributed by atoms with Crippen LogP contribution in [-0.4, -0.2) is 30.8 Å². The zero-order valence-corrected chi connectivity index (χ0v) is 16.6. The number of amides is 1. The van der Waals surface area contributed by atoms with E-state index in [2.05, 4.69) is 10.3 Å². The van der Waals surface area contributed by atoms with Crippen LogP contribution in [-0.2, 0) is 6.54 Å². The minimum Gasteiger partial charge on any atom is -0.496 e. The second-order valence-corrected chi connectivity index (χ2v) is 6.47. The molecule has 3 rings (SSSR count). The number of hydrogen-bond acceptors (Lipinski definition) is 5. The molecule has 0 saturated heterocycles. The summed E-state index contributed by atoms with van der Waals surface area (Å²) in [7, 11) is 3.00. The molecule has 0 spiro atoms. The summed E-state index contributed by atoms with van der Waals surface area (Å²) in [6.07, 6.45) is 2.95. The molecule has 0 bridgehead atoms. The van der Waals surface area contributed by atoms with Gasteiger partial charge in [-0.3, -0.25) is 15.2 Å². The molecule has 0 aliphatic heterocycles. The third-order valence-electron chi connectivity index (χ3n) is 4.53. The number of nitrogens with one attached hydrogen (secondary N) is 1. The minimum atomic E-state index is -0.401. The van der Waals surface area contributed by atoms with Gasteiger partial charge in [0, 0.05) is 35.6 Å². The number of carbonyl (C=O) groups is 1. The highest BCUT2D eigenvalue weighted by molar-refractivity contribution is 6.12. The fourth-order valence-electron chi connectivity index (χ4n) is 2.95. The highest BCUT2D eigenvalue weighted by Crippen LogP contribution is 2.27. The third kappa shape index (κ3) is 4.54. The number of ether oxygens (including phenoxy) is 2. The normalized spacial score (nSPS) is 10.4. The van der Waals surface area contributed by atoms with Crippen LogP contribution in [0.1, 0.15) is 27.0 Å². The van der Waals surface area contributed by atoms with E-state index in [1.54, 1.807) is 30.3 Å². The van der Waals surface area contributed by atoms with E-state index >= 15 is 0 Å². The van der Waals surface area contributed by atoms with E-state index < -0.39 is 5.82 Å². The quantitative estimate of drug-likeness (QED) is 0.403. The van der Waals surface area contributed by atoms with Crippen LogP contribution in [0.15, 0.2) is 54.9 Å². The fourth-order valence-corrected chi connectivity index (χ4v) is 2.95. The summed E-state index contributed by atoms with van der Waals surface area (Å²) in [5.74, 6) is 0.241. The predicted molar refractivity (Wildman–Crippen MR) is 111 cm³/mol. The molecule has 8 heteroatoms. The molecule has 3 aromatic rings. The van der Waals surface area contributed by atoms with Crippen molar-refractivity contribution >= 4 is 17.3 Å². The largest absolute Gasteiger partial charge is 0.496 e. The molecule has 1 amide bonds. The molecule has 0 fully saturated rings. The Balaban J connectivity index is 1.86. The first-order valence-corrected chi connectivity index (χ1v) is 9.05. The molecule has 30 heavy (non-hydrogen) atoms. The summed E-state index contributed by atoms with van der Waals surface area (Å²) in [6.45, 7) is 0.156. The highest BCUT2D eigenvalue weighted by atomic mass is 19.1. The van der Waals surface area contributed by atoms with Crippen molar-refractivity contribution in [3.63, 3.8) is 0 Å². The minimum absolute atomic E-state index is 0.156. The molecule has 0 saturated carbocycles. The SMILES string of the molecule is COc1cncc(C(=O)NCc2cc(C(=[NH2+])c3cccc(F)c3)c(N)cc2OC)c1. The Labute approximate surface area is 173 Å². The van der Waals surface area contributed by atoms with E-state index in [-0.39, 0.29) is 12.5 Å². The number of nitrogens with two attached hydrogens (primary N) is 2. The van der Waals surface area contributed by atoms with Crippen molar-refractivity contribution in [1.82, 2.24) is 10.3 Å². The lowest BCUT2D eigenvalue weighted by atomic mass is 9.98. The molecule has 0 unspecified atom stereocenters. The van der Waals surface area contributed by atoms with Gasteiger partial charge in [-0.15, -0.1) is 0 Å². The van der Waals surface area contributed by atoms with E-state index in [9.17, 15) is 9.18 Å². The second kappa shape index (κ2) is 9.04. The van der Waals surface area contributed by atoms with Crippen LogP contribution < -0.4 is 25.9 Å². The van der Waals surface area contributed by atoms with Gasteiger partial charge < -0.3 is 20.5 Å². The molecule has 0 radical (unpaired) electrons. The molecule has 7 nitrogen and oxygen atoms in total. The fraction of sp³-hybridized carbons (Fsp3) is 0.136. The molecular weight excluding hydrogens is 387 g/mol. The maximum absolute atomic E-state index is 13.6. The number of anilines is 1. The van der Waals surface area contributed by atoms with Gasteiger partial charge in [0.05, 0.1) is 31.5 Å². The van der Waals surface area contributed by atoms with Gasteiger partial charge in [-0.25, -0.2) is 4.39 Å². The number of aromatic nitrogens is 1. The average Bonchev–Trinajstić information content (AvgIpc) is 2.77. The van der Waals surface area contributed by atoms with E-state index in [1.807, 2.05) is 0 Å². The lowest BCUT2D eigenvalue weighted by Gasteiger charge is -2.14.